The second-order valence-corrected chi connectivity index (χ2v) is 7.20. The topological polar surface area (TPSA) is 17.8 Å². The maximum atomic E-state index is 4.89. The van der Waals surface area contributed by atoms with E-state index < -0.39 is 0 Å². The maximum absolute atomic E-state index is 4.89. The molecule has 0 aliphatic rings. The standard InChI is InChI=1S/C20H18N2S/c1-14-6-5-7-16(12-14)13-22-18-9-4-3-8-17(18)21-20(22)19-11-10-15(2)23-19/h3-12H,13H2,1-2H3. The fourth-order valence-corrected chi connectivity index (χ4v) is 3.84. The maximum Gasteiger partial charge on any atom is 0.151 e. The first-order valence-corrected chi connectivity index (χ1v) is 8.60. The number of para-hydroxylation sites is 2. The first kappa shape index (κ1) is 14.2. The van der Waals surface area contributed by atoms with E-state index in [2.05, 4.69) is 79.1 Å². The Labute approximate surface area is 140 Å². The third-order valence-corrected chi connectivity index (χ3v) is 5.04. The molecule has 23 heavy (non-hydrogen) atoms. The van der Waals surface area contributed by atoms with Crippen LogP contribution in [0.15, 0.2) is 60.7 Å². The van der Waals surface area contributed by atoms with Crippen LogP contribution in [0.25, 0.3) is 21.7 Å². The van der Waals surface area contributed by atoms with E-state index in [0.717, 1.165) is 17.9 Å². The van der Waals surface area contributed by atoms with Crippen molar-refractivity contribution >= 4 is 22.4 Å². The lowest BCUT2D eigenvalue weighted by atomic mass is 10.1. The molecule has 0 atom stereocenters. The molecule has 0 fully saturated rings. The average molecular weight is 318 g/mol. The molecule has 0 aliphatic heterocycles. The Morgan fingerprint density at radius 3 is 2.61 bits per heavy atom. The molecule has 3 heteroatoms. The molecule has 0 amide bonds. The molecule has 0 saturated carbocycles. The fourth-order valence-electron chi connectivity index (χ4n) is 2.97. The zero-order chi connectivity index (χ0) is 15.8. The first-order valence-electron chi connectivity index (χ1n) is 7.78. The smallest absolute Gasteiger partial charge is 0.151 e. The van der Waals surface area contributed by atoms with E-state index >= 15 is 0 Å². The van der Waals surface area contributed by atoms with Gasteiger partial charge in [-0.2, -0.15) is 0 Å². The van der Waals surface area contributed by atoms with Crippen molar-refractivity contribution < 1.29 is 0 Å². The molecular weight excluding hydrogens is 300 g/mol. The van der Waals surface area contributed by atoms with Gasteiger partial charge in [0.1, 0.15) is 0 Å². The Hall–Kier alpha value is -2.39. The third kappa shape index (κ3) is 2.68. The third-order valence-electron chi connectivity index (χ3n) is 4.04. The summed E-state index contributed by atoms with van der Waals surface area (Å²) >= 11 is 1.80. The Kier molecular flexibility index (Phi) is 3.50. The lowest BCUT2D eigenvalue weighted by Crippen LogP contribution is -2.01. The highest BCUT2D eigenvalue weighted by Gasteiger charge is 2.14. The summed E-state index contributed by atoms with van der Waals surface area (Å²) in [5.41, 5.74) is 4.85. The minimum Gasteiger partial charge on any atom is -0.319 e. The van der Waals surface area contributed by atoms with Gasteiger partial charge in [-0.3, -0.25) is 0 Å². The molecule has 4 rings (SSSR count). The van der Waals surface area contributed by atoms with Gasteiger partial charge in [0.25, 0.3) is 0 Å². The molecule has 2 aromatic carbocycles. The van der Waals surface area contributed by atoms with Crippen LogP contribution in [0.5, 0.6) is 0 Å². The van der Waals surface area contributed by atoms with Gasteiger partial charge in [-0.25, -0.2) is 4.98 Å². The number of aryl methyl sites for hydroxylation is 2. The fraction of sp³-hybridized carbons (Fsp3) is 0.150. The van der Waals surface area contributed by atoms with Crippen molar-refractivity contribution in [3.05, 3.63) is 76.7 Å². The number of nitrogens with zero attached hydrogens (tertiary/aromatic N) is 2. The monoisotopic (exact) mass is 318 g/mol. The average Bonchev–Trinajstić information content (AvgIpc) is 3.12. The number of fused-ring (bicyclic) bond motifs is 1. The van der Waals surface area contributed by atoms with Crippen LogP contribution in [-0.4, -0.2) is 9.55 Å². The summed E-state index contributed by atoms with van der Waals surface area (Å²) in [4.78, 5) is 7.43. The van der Waals surface area contributed by atoms with Crippen LogP contribution in [-0.2, 0) is 6.54 Å². The van der Waals surface area contributed by atoms with Gasteiger partial charge in [-0.15, -0.1) is 11.3 Å². The van der Waals surface area contributed by atoms with E-state index in [1.165, 1.54) is 26.4 Å². The zero-order valence-corrected chi connectivity index (χ0v) is 14.1. The summed E-state index contributed by atoms with van der Waals surface area (Å²) in [6.07, 6.45) is 0. The molecule has 0 bridgehead atoms. The van der Waals surface area contributed by atoms with Gasteiger partial charge in [0.2, 0.25) is 0 Å². The van der Waals surface area contributed by atoms with E-state index in [-0.39, 0.29) is 0 Å². The summed E-state index contributed by atoms with van der Waals surface area (Å²) in [7, 11) is 0. The zero-order valence-electron chi connectivity index (χ0n) is 13.3. The quantitative estimate of drug-likeness (QED) is 0.492. The van der Waals surface area contributed by atoms with Gasteiger partial charge in [0.15, 0.2) is 5.82 Å². The Bertz CT molecular complexity index is 978. The molecule has 0 N–H and O–H groups in total. The van der Waals surface area contributed by atoms with Crippen molar-refractivity contribution in [2.24, 2.45) is 0 Å². The molecule has 4 aromatic rings. The number of thiophene rings is 1. The molecule has 2 aromatic heterocycles. The lowest BCUT2D eigenvalue weighted by Gasteiger charge is -2.09. The first-order chi connectivity index (χ1) is 11.2. The van der Waals surface area contributed by atoms with Crippen LogP contribution in [0.1, 0.15) is 16.0 Å². The van der Waals surface area contributed by atoms with Crippen LogP contribution in [0.3, 0.4) is 0 Å². The van der Waals surface area contributed by atoms with Crippen LogP contribution in [0, 0.1) is 13.8 Å². The van der Waals surface area contributed by atoms with Gasteiger partial charge in [-0.05, 0) is 43.7 Å². The summed E-state index contributed by atoms with van der Waals surface area (Å²) in [6, 6.07) is 21.4. The predicted molar refractivity (Wildman–Crippen MR) is 98.1 cm³/mol. The van der Waals surface area contributed by atoms with Crippen LogP contribution >= 0.6 is 11.3 Å². The van der Waals surface area contributed by atoms with E-state index in [0.29, 0.717) is 0 Å². The molecule has 0 spiro atoms. The van der Waals surface area contributed by atoms with Crippen molar-refractivity contribution in [2.75, 3.05) is 0 Å². The van der Waals surface area contributed by atoms with Crippen molar-refractivity contribution in [3.8, 4) is 10.7 Å². The van der Waals surface area contributed by atoms with Crippen molar-refractivity contribution in [1.29, 1.82) is 0 Å². The van der Waals surface area contributed by atoms with Crippen LogP contribution in [0.4, 0.5) is 0 Å². The Balaban J connectivity index is 1.89. The lowest BCUT2D eigenvalue weighted by molar-refractivity contribution is 0.835. The van der Waals surface area contributed by atoms with Crippen molar-refractivity contribution in [2.45, 2.75) is 20.4 Å². The summed E-state index contributed by atoms with van der Waals surface area (Å²) in [5.74, 6) is 1.06. The highest BCUT2D eigenvalue weighted by Crippen LogP contribution is 2.30. The van der Waals surface area contributed by atoms with Crippen LogP contribution in [0.2, 0.25) is 0 Å². The predicted octanol–water partition coefficient (Wildman–Crippen LogP) is 5.43. The van der Waals surface area contributed by atoms with Gasteiger partial charge in [0, 0.05) is 11.4 Å². The van der Waals surface area contributed by atoms with Gasteiger partial charge >= 0.3 is 0 Å². The number of hydrogen-bond acceptors (Lipinski definition) is 2. The number of hydrogen-bond donors (Lipinski definition) is 0. The van der Waals surface area contributed by atoms with Gasteiger partial charge in [0.05, 0.1) is 15.9 Å². The van der Waals surface area contributed by atoms with Crippen molar-refractivity contribution in [1.82, 2.24) is 9.55 Å². The molecule has 0 radical (unpaired) electrons. The van der Waals surface area contributed by atoms with E-state index in [9.17, 15) is 0 Å². The van der Waals surface area contributed by atoms with Gasteiger partial charge < -0.3 is 4.57 Å². The number of aromatic nitrogens is 2. The molecule has 2 nitrogen and oxygen atoms in total. The largest absolute Gasteiger partial charge is 0.319 e. The van der Waals surface area contributed by atoms with E-state index in [4.69, 9.17) is 4.98 Å². The molecule has 114 valence electrons. The number of rotatable bonds is 3. The Morgan fingerprint density at radius 1 is 0.957 bits per heavy atom. The summed E-state index contributed by atoms with van der Waals surface area (Å²) in [6.45, 7) is 5.12. The molecule has 0 saturated heterocycles. The van der Waals surface area contributed by atoms with E-state index in [1.54, 1.807) is 11.3 Å². The van der Waals surface area contributed by atoms with Gasteiger partial charge in [-0.1, -0.05) is 42.0 Å². The molecular formula is C20H18N2S. The number of benzene rings is 2. The minimum atomic E-state index is 0.842. The SMILES string of the molecule is Cc1cccc(Cn2c(-c3ccc(C)s3)nc3ccccc32)c1. The molecule has 2 heterocycles. The highest BCUT2D eigenvalue weighted by molar-refractivity contribution is 7.15. The Morgan fingerprint density at radius 2 is 1.83 bits per heavy atom. The van der Waals surface area contributed by atoms with Crippen molar-refractivity contribution in [3.63, 3.8) is 0 Å². The van der Waals surface area contributed by atoms with Crippen LogP contribution < -0.4 is 0 Å². The minimum absolute atomic E-state index is 0.842. The normalized spacial score (nSPS) is 11.2. The molecule has 0 aliphatic carbocycles. The summed E-state index contributed by atoms with van der Waals surface area (Å²) < 4.78 is 2.33. The highest BCUT2D eigenvalue weighted by atomic mass is 32.1. The van der Waals surface area contributed by atoms with E-state index in [1.807, 2.05) is 0 Å². The molecule has 0 unspecified atom stereocenters. The summed E-state index contributed by atoms with van der Waals surface area (Å²) in [5, 5.41) is 0. The second kappa shape index (κ2) is 5.67. The second-order valence-electron chi connectivity index (χ2n) is 5.91. The number of imidazole rings is 1.